The van der Waals surface area contributed by atoms with E-state index in [1.807, 2.05) is 0 Å². The third-order valence-corrected chi connectivity index (χ3v) is 2.07. The summed E-state index contributed by atoms with van der Waals surface area (Å²) in [5.41, 5.74) is 1.48. The van der Waals surface area contributed by atoms with Crippen molar-refractivity contribution in [2.45, 2.75) is 32.7 Å². The Hall–Kier alpha value is -0.560. The monoisotopic (exact) mass is 151 g/mol. The Morgan fingerprint density at radius 2 is 2.36 bits per heavy atom. The molecular formula is C10H17N. The molecule has 0 saturated heterocycles. The molecule has 62 valence electrons. The van der Waals surface area contributed by atoms with Crippen LogP contribution >= 0.6 is 0 Å². The molecule has 0 spiro atoms. The molecule has 1 N–H and O–H groups in total. The predicted molar refractivity (Wildman–Crippen MR) is 49.6 cm³/mol. The van der Waals surface area contributed by atoms with E-state index in [-0.39, 0.29) is 0 Å². The van der Waals surface area contributed by atoms with Crippen molar-refractivity contribution in [1.29, 1.82) is 0 Å². The highest BCUT2D eigenvalue weighted by Gasteiger charge is 2.00. The minimum atomic E-state index is 0.654. The summed E-state index contributed by atoms with van der Waals surface area (Å²) in [6, 6.07) is 0.654. The maximum atomic E-state index is 3.42. The molecule has 1 heterocycles. The Morgan fingerprint density at radius 1 is 1.55 bits per heavy atom. The van der Waals surface area contributed by atoms with Crippen molar-refractivity contribution in [2.75, 3.05) is 6.54 Å². The molecule has 0 aliphatic carbocycles. The summed E-state index contributed by atoms with van der Waals surface area (Å²) in [6.07, 6.45) is 8.99. The molecule has 1 nitrogen and oxygen atoms in total. The summed E-state index contributed by atoms with van der Waals surface area (Å²) in [4.78, 5) is 0. The Kier molecular flexibility index (Phi) is 3.37. The largest absolute Gasteiger partial charge is 0.311 e. The van der Waals surface area contributed by atoms with E-state index in [0.29, 0.717) is 6.04 Å². The lowest BCUT2D eigenvalue weighted by molar-refractivity contribution is 0.543. The lowest BCUT2D eigenvalue weighted by atomic mass is 10.1. The van der Waals surface area contributed by atoms with E-state index in [1.54, 1.807) is 0 Å². The van der Waals surface area contributed by atoms with Crippen LogP contribution in [0.15, 0.2) is 23.8 Å². The lowest BCUT2D eigenvalue weighted by Gasteiger charge is -2.10. The van der Waals surface area contributed by atoms with Gasteiger partial charge in [-0.05, 0) is 26.7 Å². The highest BCUT2D eigenvalue weighted by atomic mass is 14.9. The van der Waals surface area contributed by atoms with E-state index in [2.05, 4.69) is 37.4 Å². The first-order valence-corrected chi connectivity index (χ1v) is 4.34. The van der Waals surface area contributed by atoms with Gasteiger partial charge < -0.3 is 5.32 Å². The highest BCUT2D eigenvalue weighted by molar-refractivity contribution is 5.11. The summed E-state index contributed by atoms with van der Waals surface area (Å²) >= 11 is 0. The molecule has 1 unspecified atom stereocenters. The first-order valence-electron chi connectivity index (χ1n) is 4.34. The van der Waals surface area contributed by atoms with Gasteiger partial charge in [0.05, 0.1) is 0 Å². The first kappa shape index (κ1) is 8.54. The van der Waals surface area contributed by atoms with Crippen LogP contribution in [-0.4, -0.2) is 12.6 Å². The topological polar surface area (TPSA) is 12.0 Å². The molecule has 0 aromatic heterocycles. The fraction of sp³-hybridized carbons (Fsp3) is 0.600. The van der Waals surface area contributed by atoms with Gasteiger partial charge in [0.1, 0.15) is 0 Å². The molecule has 0 aromatic rings. The molecule has 1 heteroatoms. The van der Waals surface area contributed by atoms with Crippen LogP contribution in [0.5, 0.6) is 0 Å². The molecule has 0 saturated carbocycles. The molecule has 0 amide bonds. The van der Waals surface area contributed by atoms with Crippen LogP contribution in [0.4, 0.5) is 0 Å². The zero-order valence-electron chi connectivity index (χ0n) is 7.43. The number of hydrogen-bond acceptors (Lipinski definition) is 1. The van der Waals surface area contributed by atoms with Gasteiger partial charge in [0.2, 0.25) is 0 Å². The van der Waals surface area contributed by atoms with Gasteiger partial charge in [-0.1, -0.05) is 23.8 Å². The molecule has 1 atom stereocenters. The molecule has 0 fully saturated rings. The van der Waals surface area contributed by atoms with Gasteiger partial charge >= 0.3 is 0 Å². The Balaban J connectivity index is 2.49. The minimum Gasteiger partial charge on any atom is -0.311 e. The van der Waals surface area contributed by atoms with E-state index in [0.717, 1.165) is 6.54 Å². The fourth-order valence-corrected chi connectivity index (χ4v) is 1.20. The van der Waals surface area contributed by atoms with Gasteiger partial charge in [-0.3, -0.25) is 0 Å². The normalized spacial score (nSPS) is 34.4. The van der Waals surface area contributed by atoms with Crippen LogP contribution < -0.4 is 5.32 Å². The SMILES string of the molecule is C/C1=C/C=C\CNC(C)CC1. The minimum absolute atomic E-state index is 0.654. The van der Waals surface area contributed by atoms with Crippen LogP contribution in [0.25, 0.3) is 0 Å². The smallest absolute Gasteiger partial charge is 0.0140 e. The van der Waals surface area contributed by atoms with E-state index in [4.69, 9.17) is 0 Å². The van der Waals surface area contributed by atoms with Gasteiger partial charge in [-0.2, -0.15) is 0 Å². The second-order valence-electron chi connectivity index (χ2n) is 3.29. The predicted octanol–water partition coefficient (Wildman–Crippen LogP) is 2.26. The van der Waals surface area contributed by atoms with E-state index in [1.165, 1.54) is 18.4 Å². The third-order valence-electron chi connectivity index (χ3n) is 2.07. The highest BCUT2D eigenvalue weighted by Crippen LogP contribution is 2.07. The molecule has 0 radical (unpaired) electrons. The Labute approximate surface area is 69.2 Å². The van der Waals surface area contributed by atoms with Crippen molar-refractivity contribution in [3.63, 3.8) is 0 Å². The van der Waals surface area contributed by atoms with Crippen molar-refractivity contribution in [2.24, 2.45) is 0 Å². The van der Waals surface area contributed by atoms with Crippen molar-refractivity contribution in [1.82, 2.24) is 5.32 Å². The van der Waals surface area contributed by atoms with Gasteiger partial charge in [-0.15, -0.1) is 0 Å². The van der Waals surface area contributed by atoms with Gasteiger partial charge in [-0.25, -0.2) is 0 Å². The van der Waals surface area contributed by atoms with E-state index in [9.17, 15) is 0 Å². The van der Waals surface area contributed by atoms with E-state index < -0.39 is 0 Å². The first-order chi connectivity index (χ1) is 5.29. The zero-order chi connectivity index (χ0) is 8.10. The molecule has 0 aromatic carbocycles. The Morgan fingerprint density at radius 3 is 3.18 bits per heavy atom. The lowest BCUT2D eigenvalue weighted by Crippen LogP contribution is -2.25. The second-order valence-corrected chi connectivity index (χ2v) is 3.29. The fourth-order valence-electron chi connectivity index (χ4n) is 1.20. The standard InChI is InChI=1S/C10H17N/c1-9-5-3-4-8-11-10(2)7-6-9/h3-5,10-11H,6-8H2,1-2H3/b4-3-,9-5-. The molecule has 1 aliphatic heterocycles. The maximum absolute atomic E-state index is 3.42. The molecule has 11 heavy (non-hydrogen) atoms. The Bertz CT molecular complexity index is 168. The summed E-state index contributed by atoms with van der Waals surface area (Å²) in [7, 11) is 0. The molecule has 0 bridgehead atoms. The second kappa shape index (κ2) is 4.35. The van der Waals surface area contributed by atoms with Crippen LogP contribution in [0.1, 0.15) is 26.7 Å². The molecule has 1 aliphatic rings. The number of nitrogens with one attached hydrogen (secondary N) is 1. The maximum Gasteiger partial charge on any atom is 0.0140 e. The molecule has 1 rings (SSSR count). The van der Waals surface area contributed by atoms with Crippen LogP contribution in [0.2, 0.25) is 0 Å². The van der Waals surface area contributed by atoms with E-state index >= 15 is 0 Å². The van der Waals surface area contributed by atoms with Crippen LogP contribution in [0, 0.1) is 0 Å². The average molecular weight is 151 g/mol. The third kappa shape index (κ3) is 3.38. The van der Waals surface area contributed by atoms with Crippen LogP contribution in [-0.2, 0) is 0 Å². The van der Waals surface area contributed by atoms with Crippen LogP contribution in [0.3, 0.4) is 0 Å². The average Bonchev–Trinajstić information content (AvgIpc) is 2.06. The van der Waals surface area contributed by atoms with Crippen molar-refractivity contribution < 1.29 is 0 Å². The van der Waals surface area contributed by atoms with Crippen molar-refractivity contribution in [3.8, 4) is 0 Å². The van der Waals surface area contributed by atoms with Crippen molar-refractivity contribution in [3.05, 3.63) is 23.8 Å². The van der Waals surface area contributed by atoms with Gasteiger partial charge in [0.25, 0.3) is 0 Å². The summed E-state index contributed by atoms with van der Waals surface area (Å²) < 4.78 is 0. The van der Waals surface area contributed by atoms with Gasteiger partial charge in [0, 0.05) is 12.6 Å². The summed E-state index contributed by atoms with van der Waals surface area (Å²) in [5.74, 6) is 0. The van der Waals surface area contributed by atoms with Crippen molar-refractivity contribution >= 4 is 0 Å². The van der Waals surface area contributed by atoms with Gasteiger partial charge in [0.15, 0.2) is 0 Å². The summed E-state index contributed by atoms with van der Waals surface area (Å²) in [5, 5.41) is 3.42. The number of hydrogen-bond donors (Lipinski definition) is 1. The number of rotatable bonds is 0. The summed E-state index contributed by atoms with van der Waals surface area (Å²) in [6.45, 7) is 5.44. The zero-order valence-corrected chi connectivity index (χ0v) is 7.43. The number of allylic oxidation sites excluding steroid dienone is 3. The quantitative estimate of drug-likeness (QED) is 0.560. The molecular weight excluding hydrogens is 134 g/mol.